The van der Waals surface area contributed by atoms with Crippen LogP contribution in [-0.4, -0.2) is 34.7 Å². The first-order valence-corrected chi connectivity index (χ1v) is 10.5. The van der Waals surface area contributed by atoms with Crippen LogP contribution in [0.25, 0.3) is 11.1 Å². The molecule has 3 aromatic carbocycles. The van der Waals surface area contributed by atoms with E-state index >= 15 is 0 Å². The van der Waals surface area contributed by atoms with Gasteiger partial charge in [0.1, 0.15) is 12.6 Å². The Bertz CT molecular complexity index is 1130. The Morgan fingerprint density at radius 1 is 0.903 bits per heavy atom. The van der Waals surface area contributed by atoms with Crippen LogP contribution in [0.2, 0.25) is 0 Å². The number of hydrogen-bond donors (Lipinski definition) is 1. The molecule has 5 nitrogen and oxygen atoms in total. The Balaban J connectivity index is 1.40. The molecule has 3 aromatic rings. The number of nitrogens with zero attached hydrogens (tertiary/aromatic N) is 1. The number of amides is 1. The minimum Gasteiger partial charge on any atom is -0.480 e. The third kappa shape index (κ3) is 3.17. The Morgan fingerprint density at radius 2 is 1.45 bits per heavy atom. The van der Waals surface area contributed by atoms with Gasteiger partial charge in [0.2, 0.25) is 0 Å². The van der Waals surface area contributed by atoms with Crippen molar-refractivity contribution in [2.24, 2.45) is 0 Å². The smallest absolute Gasteiger partial charge is 0.410 e. The zero-order valence-electron chi connectivity index (χ0n) is 17.2. The predicted molar refractivity (Wildman–Crippen MR) is 117 cm³/mol. The molecular weight excluding hydrogens is 390 g/mol. The van der Waals surface area contributed by atoms with E-state index in [1.54, 1.807) is 0 Å². The number of fused-ring (bicyclic) bond motifs is 4. The van der Waals surface area contributed by atoms with Crippen LogP contribution in [0, 0.1) is 0 Å². The van der Waals surface area contributed by atoms with Crippen LogP contribution in [-0.2, 0) is 16.1 Å². The Morgan fingerprint density at radius 3 is 2.06 bits per heavy atom. The average molecular weight is 413 g/mol. The summed E-state index contributed by atoms with van der Waals surface area (Å²) in [4.78, 5) is 26.5. The van der Waals surface area contributed by atoms with Crippen LogP contribution in [0.3, 0.4) is 0 Å². The largest absolute Gasteiger partial charge is 0.480 e. The van der Waals surface area contributed by atoms with E-state index in [2.05, 4.69) is 24.3 Å². The molecule has 1 N–H and O–H groups in total. The van der Waals surface area contributed by atoms with Crippen LogP contribution < -0.4 is 0 Å². The Labute approximate surface area is 180 Å². The lowest BCUT2D eigenvalue weighted by Gasteiger charge is -2.38. The second kappa shape index (κ2) is 7.58. The van der Waals surface area contributed by atoms with Crippen molar-refractivity contribution in [1.29, 1.82) is 0 Å². The fourth-order valence-corrected chi connectivity index (χ4v) is 5.05. The molecular formula is C26H23NO4. The molecule has 0 saturated heterocycles. The van der Waals surface area contributed by atoms with Crippen molar-refractivity contribution in [1.82, 2.24) is 4.90 Å². The number of carboxylic acid groups (broad SMARTS) is 1. The van der Waals surface area contributed by atoms with Crippen molar-refractivity contribution in [3.8, 4) is 11.1 Å². The summed E-state index contributed by atoms with van der Waals surface area (Å²) in [6.45, 7) is 2.25. The zero-order valence-corrected chi connectivity index (χ0v) is 17.2. The van der Waals surface area contributed by atoms with Gasteiger partial charge in [-0.2, -0.15) is 0 Å². The number of carbonyl (C=O) groups excluding carboxylic acids is 1. The molecule has 0 bridgehead atoms. The quantitative estimate of drug-likeness (QED) is 0.656. The average Bonchev–Trinajstić information content (AvgIpc) is 3.11. The van der Waals surface area contributed by atoms with Gasteiger partial charge in [-0.3, -0.25) is 4.90 Å². The Kier molecular flexibility index (Phi) is 4.74. The second-order valence-corrected chi connectivity index (χ2v) is 8.20. The Hall–Kier alpha value is -3.60. The molecule has 1 amide bonds. The maximum Gasteiger partial charge on any atom is 0.410 e. The van der Waals surface area contributed by atoms with E-state index in [9.17, 15) is 14.7 Å². The molecule has 2 aliphatic rings. The number of ether oxygens (including phenoxy) is 1. The van der Waals surface area contributed by atoms with E-state index < -0.39 is 18.1 Å². The van der Waals surface area contributed by atoms with Gasteiger partial charge in [0.15, 0.2) is 0 Å². The van der Waals surface area contributed by atoms with E-state index in [1.165, 1.54) is 4.90 Å². The van der Waals surface area contributed by atoms with Gasteiger partial charge in [0.05, 0.1) is 6.54 Å². The number of rotatable bonds is 3. The molecule has 156 valence electrons. The minimum atomic E-state index is -1.02. The second-order valence-electron chi connectivity index (χ2n) is 8.20. The lowest BCUT2D eigenvalue weighted by molar-refractivity contribution is -0.144. The molecule has 5 rings (SSSR count). The zero-order chi connectivity index (χ0) is 21.5. The monoisotopic (exact) mass is 413 g/mol. The van der Waals surface area contributed by atoms with Gasteiger partial charge in [-0.15, -0.1) is 0 Å². The van der Waals surface area contributed by atoms with E-state index in [-0.39, 0.29) is 25.0 Å². The van der Waals surface area contributed by atoms with E-state index in [0.717, 1.165) is 33.4 Å². The SMILES string of the molecule is C[C@H]1c2ccccc2CN(C(=O)OCC2c3ccccc3-c3ccccc32)[C@@H]1C(=O)O. The van der Waals surface area contributed by atoms with Gasteiger partial charge in [-0.25, -0.2) is 9.59 Å². The third-order valence-corrected chi connectivity index (χ3v) is 6.52. The van der Waals surface area contributed by atoms with Crippen molar-refractivity contribution < 1.29 is 19.4 Å². The van der Waals surface area contributed by atoms with Crippen LogP contribution in [0.5, 0.6) is 0 Å². The van der Waals surface area contributed by atoms with Gasteiger partial charge in [0.25, 0.3) is 0 Å². The molecule has 31 heavy (non-hydrogen) atoms. The highest BCUT2D eigenvalue weighted by atomic mass is 16.6. The molecule has 0 fully saturated rings. The van der Waals surface area contributed by atoms with E-state index in [1.807, 2.05) is 55.5 Å². The van der Waals surface area contributed by atoms with Crippen molar-refractivity contribution >= 4 is 12.1 Å². The first-order valence-electron chi connectivity index (χ1n) is 10.5. The molecule has 5 heteroatoms. The first-order chi connectivity index (χ1) is 15.1. The summed E-state index contributed by atoms with van der Waals surface area (Å²) in [6.07, 6.45) is -0.587. The fourth-order valence-electron chi connectivity index (χ4n) is 5.05. The van der Waals surface area contributed by atoms with Gasteiger partial charge < -0.3 is 9.84 Å². The first kappa shape index (κ1) is 19.4. The topological polar surface area (TPSA) is 66.8 Å². The summed E-state index contributed by atoms with van der Waals surface area (Å²) in [5.41, 5.74) is 6.50. The predicted octanol–water partition coefficient (Wildman–Crippen LogP) is 5.01. The number of benzene rings is 3. The van der Waals surface area contributed by atoms with Crippen LogP contribution >= 0.6 is 0 Å². The third-order valence-electron chi connectivity index (χ3n) is 6.52. The van der Waals surface area contributed by atoms with Gasteiger partial charge in [-0.05, 0) is 33.4 Å². The van der Waals surface area contributed by atoms with Gasteiger partial charge in [0, 0.05) is 11.8 Å². The number of hydrogen-bond acceptors (Lipinski definition) is 3. The summed E-state index contributed by atoms with van der Waals surface area (Å²) in [5.74, 6) is -1.40. The van der Waals surface area contributed by atoms with Gasteiger partial charge in [-0.1, -0.05) is 79.7 Å². The highest BCUT2D eigenvalue weighted by molar-refractivity contribution is 5.82. The molecule has 1 aliphatic carbocycles. The van der Waals surface area contributed by atoms with Crippen molar-refractivity contribution in [2.45, 2.75) is 31.3 Å². The summed E-state index contributed by atoms with van der Waals surface area (Å²) in [7, 11) is 0. The lowest BCUT2D eigenvalue weighted by atomic mass is 9.85. The molecule has 2 atom stereocenters. The summed E-state index contributed by atoms with van der Waals surface area (Å²) >= 11 is 0. The number of carbonyl (C=O) groups is 2. The van der Waals surface area contributed by atoms with Crippen LogP contribution in [0.1, 0.15) is 41.0 Å². The molecule has 0 aromatic heterocycles. The normalized spacial score (nSPS) is 19.3. The lowest BCUT2D eigenvalue weighted by Crippen LogP contribution is -2.50. The summed E-state index contributed by atoms with van der Waals surface area (Å²) in [6, 6.07) is 23.0. The molecule has 0 spiro atoms. The van der Waals surface area contributed by atoms with Crippen molar-refractivity contribution in [3.05, 3.63) is 95.1 Å². The highest BCUT2D eigenvalue weighted by Gasteiger charge is 2.41. The fraction of sp³-hybridized carbons (Fsp3) is 0.231. The molecule has 0 unspecified atom stereocenters. The van der Waals surface area contributed by atoms with E-state index in [4.69, 9.17) is 4.74 Å². The van der Waals surface area contributed by atoms with Crippen LogP contribution in [0.4, 0.5) is 4.79 Å². The van der Waals surface area contributed by atoms with Crippen LogP contribution in [0.15, 0.2) is 72.8 Å². The number of aliphatic carboxylic acids is 1. The molecule has 0 radical (unpaired) electrons. The molecule has 0 saturated carbocycles. The standard InChI is InChI=1S/C26H23NO4/c1-16-18-9-3-2-8-17(18)14-27(24(16)25(28)29)26(30)31-15-23-21-12-6-4-10-19(21)20-11-5-7-13-22(20)23/h2-13,16,23-24H,14-15H2,1H3,(H,28,29)/t16-,24-/m0/s1. The number of carboxylic acids is 1. The molecule has 1 heterocycles. The summed E-state index contributed by atoms with van der Waals surface area (Å²) in [5, 5.41) is 9.84. The molecule has 1 aliphatic heterocycles. The van der Waals surface area contributed by atoms with Crippen molar-refractivity contribution in [3.63, 3.8) is 0 Å². The maximum atomic E-state index is 13.1. The summed E-state index contributed by atoms with van der Waals surface area (Å²) < 4.78 is 5.75. The van der Waals surface area contributed by atoms with Crippen molar-refractivity contribution in [2.75, 3.05) is 6.61 Å². The maximum absolute atomic E-state index is 13.1. The highest BCUT2D eigenvalue weighted by Crippen LogP contribution is 2.44. The van der Waals surface area contributed by atoms with E-state index in [0.29, 0.717) is 0 Å². The van der Waals surface area contributed by atoms with Gasteiger partial charge >= 0.3 is 12.1 Å². The minimum absolute atomic E-state index is 0.0610.